The SMILES string of the molecule is COc1cc(C)c(-c2nn(C)c(CN)c2Br)cc1C. The van der Waals surface area contributed by atoms with Crippen LogP contribution in [0.3, 0.4) is 0 Å². The summed E-state index contributed by atoms with van der Waals surface area (Å²) < 4.78 is 8.12. The summed E-state index contributed by atoms with van der Waals surface area (Å²) in [5.41, 5.74) is 11.0. The van der Waals surface area contributed by atoms with Gasteiger partial charge in [0.2, 0.25) is 0 Å². The Morgan fingerprint density at radius 3 is 2.53 bits per heavy atom. The zero-order valence-corrected chi connectivity index (χ0v) is 13.2. The van der Waals surface area contributed by atoms with Crippen LogP contribution in [-0.2, 0) is 13.6 Å². The van der Waals surface area contributed by atoms with Crippen molar-refractivity contribution >= 4 is 15.9 Å². The van der Waals surface area contributed by atoms with Crippen LogP contribution in [0.4, 0.5) is 0 Å². The molecule has 0 atom stereocenters. The lowest BCUT2D eigenvalue weighted by Gasteiger charge is -2.10. The molecule has 0 aliphatic rings. The monoisotopic (exact) mass is 323 g/mol. The molecule has 1 heterocycles. The van der Waals surface area contributed by atoms with Gasteiger partial charge in [0.25, 0.3) is 0 Å². The largest absolute Gasteiger partial charge is 0.496 e. The van der Waals surface area contributed by atoms with E-state index in [1.807, 2.05) is 24.7 Å². The molecule has 0 fully saturated rings. The molecular formula is C14H18BrN3O. The molecule has 0 radical (unpaired) electrons. The van der Waals surface area contributed by atoms with Gasteiger partial charge in [0.15, 0.2) is 0 Å². The van der Waals surface area contributed by atoms with Crippen LogP contribution in [-0.4, -0.2) is 16.9 Å². The molecule has 0 amide bonds. The van der Waals surface area contributed by atoms with E-state index in [4.69, 9.17) is 10.5 Å². The number of hydrogen-bond acceptors (Lipinski definition) is 3. The van der Waals surface area contributed by atoms with Gasteiger partial charge in [-0.25, -0.2) is 0 Å². The van der Waals surface area contributed by atoms with Crippen LogP contribution in [0.2, 0.25) is 0 Å². The highest BCUT2D eigenvalue weighted by Gasteiger charge is 2.17. The van der Waals surface area contributed by atoms with Gasteiger partial charge in [-0.1, -0.05) is 0 Å². The Bertz CT molecular complexity index is 620. The number of aromatic nitrogens is 2. The smallest absolute Gasteiger partial charge is 0.122 e. The summed E-state index contributed by atoms with van der Waals surface area (Å²) in [5.74, 6) is 0.896. The summed E-state index contributed by atoms with van der Waals surface area (Å²) in [4.78, 5) is 0. The zero-order valence-electron chi connectivity index (χ0n) is 11.6. The molecule has 19 heavy (non-hydrogen) atoms. The molecule has 102 valence electrons. The fourth-order valence-corrected chi connectivity index (χ4v) is 2.90. The number of methoxy groups -OCH3 is 1. The van der Waals surface area contributed by atoms with Crippen LogP contribution < -0.4 is 10.5 Å². The maximum absolute atomic E-state index is 5.75. The normalized spacial score (nSPS) is 10.8. The maximum Gasteiger partial charge on any atom is 0.122 e. The Morgan fingerprint density at radius 1 is 1.32 bits per heavy atom. The molecule has 0 spiro atoms. The number of rotatable bonds is 3. The highest BCUT2D eigenvalue weighted by atomic mass is 79.9. The first kappa shape index (κ1) is 14.1. The Hall–Kier alpha value is -1.33. The van der Waals surface area contributed by atoms with Gasteiger partial charge in [-0.15, -0.1) is 0 Å². The highest BCUT2D eigenvalue weighted by molar-refractivity contribution is 9.10. The number of nitrogens with zero attached hydrogens (tertiary/aromatic N) is 2. The van der Waals surface area contributed by atoms with E-state index in [-0.39, 0.29) is 0 Å². The van der Waals surface area contributed by atoms with E-state index in [0.717, 1.165) is 38.3 Å². The number of nitrogens with two attached hydrogens (primary N) is 1. The lowest BCUT2D eigenvalue weighted by molar-refractivity contribution is 0.411. The summed E-state index contributed by atoms with van der Waals surface area (Å²) >= 11 is 3.60. The number of hydrogen-bond donors (Lipinski definition) is 1. The van der Waals surface area contributed by atoms with E-state index in [1.165, 1.54) is 0 Å². The fraction of sp³-hybridized carbons (Fsp3) is 0.357. The highest BCUT2D eigenvalue weighted by Crippen LogP contribution is 2.35. The van der Waals surface area contributed by atoms with Crippen LogP contribution >= 0.6 is 15.9 Å². The number of aryl methyl sites for hydroxylation is 3. The molecule has 2 rings (SSSR count). The summed E-state index contributed by atoms with van der Waals surface area (Å²) in [7, 11) is 3.59. The Kier molecular flexibility index (Phi) is 3.96. The predicted octanol–water partition coefficient (Wildman–Crippen LogP) is 2.93. The molecule has 0 aliphatic carbocycles. The molecule has 5 heteroatoms. The molecule has 0 saturated heterocycles. The fourth-order valence-electron chi connectivity index (χ4n) is 2.19. The van der Waals surface area contributed by atoms with Gasteiger partial charge in [-0.2, -0.15) is 5.10 Å². The predicted molar refractivity (Wildman–Crippen MR) is 80.3 cm³/mol. The average molecular weight is 324 g/mol. The van der Waals surface area contributed by atoms with Crippen molar-refractivity contribution in [1.29, 1.82) is 0 Å². The van der Waals surface area contributed by atoms with Crippen molar-refractivity contribution < 1.29 is 4.74 Å². The topological polar surface area (TPSA) is 53.1 Å². The number of ether oxygens (including phenoxy) is 1. The van der Waals surface area contributed by atoms with Crippen molar-refractivity contribution in [2.75, 3.05) is 7.11 Å². The average Bonchev–Trinajstić information content (AvgIpc) is 2.66. The Morgan fingerprint density at radius 2 is 2.00 bits per heavy atom. The van der Waals surface area contributed by atoms with Gasteiger partial charge in [0.1, 0.15) is 11.4 Å². The molecule has 0 saturated carbocycles. The minimum absolute atomic E-state index is 0.457. The van der Waals surface area contributed by atoms with Gasteiger partial charge in [-0.3, -0.25) is 4.68 Å². The van der Waals surface area contributed by atoms with Gasteiger partial charge in [0, 0.05) is 19.2 Å². The van der Waals surface area contributed by atoms with Crippen molar-refractivity contribution in [2.45, 2.75) is 20.4 Å². The van der Waals surface area contributed by atoms with E-state index < -0.39 is 0 Å². The Labute approximate surface area is 121 Å². The van der Waals surface area contributed by atoms with E-state index in [1.54, 1.807) is 7.11 Å². The molecule has 0 bridgehead atoms. The van der Waals surface area contributed by atoms with Gasteiger partial charge < -0.3 is 10.5 Å². The third-order valence-electron chi connectivity index (χ3n) is 3.29. The number of benzene rings is 1. The summed E-state index contributed by atoms with van der Waals surface area (Å²) in [6.45, 7) is 4.54. The third-order valence-corrected chi connectivity index (χ3v) is 4.13. The Balaban J connectivity index is 2.63. The number of halogens is 1. The first-order chi connectivity index (χ1) is 8.99. The van der Waals surface area contributed by atoms with Crippen LogP contribution in [0, 0.1) is 13.8 Å². The molecule has 2 N–H and O–H groups in total. The van der Waals surface area contributed by atoms with Crippen LogP contribution in [0.1, 0.15) is 16.8 Å². The van der Waals surface area contributed by atoms with Crippen molar-refractivity contribution in [3.05, 3.63) is 33.4 Å². The summed E-state index contributed by atoms with van der Waals surface area (Å²) in [6, 6.07) is 4.13. The molecular weight excluding hydrogens is 306 g/mol. The van der Waals surface area contributed by atoms with Gasteiger partial charge in [-0.05, 0) is 53.0 Å². The standard InChI is InChI=1S/C14H18BrN3O/c1-8-6-12(19-4)9(2)5-10(8)14-13(15)11(7-16)18(3)17-14/h5-6H,7,16H2,1-4H3. The lowest BCUT2D eigenvalue weighted by atomic mass is 10.0. The summed E-state index contributed by atoms with van der Waals surface area (Å²) in [5, 5.41) is 4.56. The molecule has 4 nitrogen and oxygen atoms in total. The minimum atomic E-state index is 0.457. The lowest BCUT2D eigenvalue weighted by Crippen LogP contribution is -2.04. The van der Waals surface area contributed by atoms with E-state index in [9.17, 15) is 0 Å². The van der Waals surface area contributed by atoms with Crippen molar-refractivity contribution in [2.24, 2.45) is 12.8 Å². The zero-order chi connectivity index (χ0) is 14.2. The second-order valence-electron chi connectivity index (χ2n) is 4.57. The van der Waals surface area contributed by atoms with Crippen LogP contribution in [0.15, 0.2) is 16.6 Å². The molecule has 1 aromatic heterocycles. The first-order valence-electron chi connectivity index (χ1n) is 6.06. The van der Waals surface area contributed by atoms with Crippen molar-refractivity contribution in [3.8, 4) is 17.0 Å². The second-order valence-corrected chi connectivity index (χ2v) is 5.37. The molecule has 2 aromatic rings. The first-order valence-corrected chi connectivity index (χ1v) is 6.86. The van der Waals surface area contributed by atoms with E-state index in [2.05, 4.69) is 34.0 Å². The van der Waals surface area contributed by atoms with Crippen LogP contribution in [0.25, 0.3) is 11.3 Å². The second kappa shape index (κ2) is 5.35. The minimum Gasteiger partial charge on any atom is -0.496 e. The molecule has 0 unspecified atom stereocenters. The maximum atomic E-state index is 5.75. The summed E-state index contributed by atoms with van der Waals surface area (Å²) in [6.07, 6.45) is 0. The van der Waals surface area contributed by atoms with Crippen molar-refractivity contribution in [3.63, 3.8) is 0 Å². The van der Waals surface area contributed by atoms with Gasteiger partial charge in [0.05, 0.1) is 17.3 Å². The molecule has 1 aromatic carbocycles. The third kappa shape index (κ3) is 2.40. The van der Waals surface area contributed by atoms with E-state index >= 15 is 0 Å². The molecule has 0 aliphatic heterocycles. The van der Waals surface area contributed by atoms with Crippen LogP contribution in [0.5, 0.6) is 5.75 Å². The van der Waals surface area contributed by atoms with Crippen molar-refractivity contribution in [1.82, 2.24) is 9.78 Å². The van der Waals surface area contributed by atoms with Gasteiger partial charge >= 0.3 is 0 Å². The van der Waals surface area contributed by atoms with E-state index in [0.29, 0.717) is 6.54 Å². The quantitative estimate of drug-likeness (QED) is 0.944.